The maximum atomic E-state index is 12.4. The first-order valence-corrected chi connectivity index (χ1v) is 9.96. The molecule has 2 aromatic carbocycles. The monoisotopic (exact) mass is 358 g/mol. The summed E-state index contributed by atoms with van der Waals surface area (Å²) in [6.45, 7) is 2.53. The van der Waals surface area contributed by atoms with Crippen molar-refractivity contribution >= 4 is 21.6 Å². The molecule has 1 saturated carbocycles. The van der Waals surface area contributed by atoms with Gasteiger partial charge in [-0.25, -0.2) is 13.1 Å². The van der Waals surface area contributed by atoms with Gasteiger partial charge in [-0.15, -0.1) is 0 Å². The SMILES string of the molecule is CCc1ccc(NC(=O)c2cccc(S(=O)(=O)NCC3CC3)c2)cc1. The molecule has 0 aliphatic heterocycles. The van der Waals surface area contributed by atoms with E-state index in [2.05, 4.69) is 17.0 Å². The van der Waals surface area contributed by atoms with E-state index in [0.29, 0.717) is 23.7 Å². The molecule has 1 amide bonds. The third kappa shape index (κ3) is 4.67. The summed E-state index contributed by atoms with van der Waals surface area (Å²) < 4.78 is 27.3. The molecule has 0 spiro atoms. The molecule has 6 heteroatoms. The van der Waals surface area contributed by atoms with E-state index in [1.54, 1.807) is 12.1 Å². The Morgan fingerprint density at radius 2 is 1.84 bits per heavy atom. The van der Waals surface area contributed by atoms with Crippen molar-refractivity contribution in [2.45, 2.75) is 31.1 Å². The van der Waals surface area contributed by atoms with Crippen LogP contribution in [-0.4, -0.2) is 20.9 Å². The number of benzene rings is 2. The highest BCUT2D eigenvalue weighted by atomic mass is 32.2. The Hall–Kier alpha value is -2.18. The number of nitrogens with one attached hydrogen (secondary N) is 2. The van der Waals surface area contributed by atoms with E-state index >= 15 is 0 Å². The van der Waals surface area contributed by atoms with Gasteiger partial charge in [0, 0.05) is 17.8 Å². The minimum atomic E-state index is -3.58. The zero-order valence-electron chi connectivity index (χ0n) is 14.2. The van der Waals surface area contributed by atoms with Crippen LogP contribution in [0.5, 0.6) is 0 Å². The Morgan fingerprint density at radius 1 is 1.12 bits per heavy atom. The lowest BCUT2D eigenvalue weighted by molar-refractivity contribution is 0.102. The summed E-state index contributed by atoms with van der Waals surface area (Å²) in [6, 6.07) is 13.7. The first-order valence-electron chi connectivity index (χ1n) is 8.48. The quantitative estimate of drug-likeness (QED) is 0.798. The molecular formula is C19H22N2O3S. The number of carbonyl (C=O) groups is 1. The Bertz CT molecular complexity index is 856. The number of amides is 1. The second kappa shape index (κ2) is 7.37. The van der Waals surface area contributed by atoms with Crippen molar-refractivity contribution < 1.29 is 13.2 Å². The van der Waals surface area contributed by atoms with Crippen LogP contribution in [0, 0.1) is 5.92 Å². The van der Waals surface area contributed by atoms with Crippen molar-refractivity contribution in [2.75, 3.05) is 11.9 Å². The number of anilines is 1. The summed E-state index contributed by atoms with van der Waals surface area (Å²) in [5, 5.41) is 2.79. The molecule has 3 rings (SSSR count). The molecule has 1 aliphatic carbocycles. The van der Waals surface area contributed by atoms with E-state index in [-0.39, 0.29) is 10.8 Å². The number of carbonyl (C=O) groups excluding carboxylic acids is 1. The number of hydrogen-bond acceptors (Lipinski definition) is 3. The van der Waals surface area contributed by atoms with E-state index in [0.717, 1.165) is 19.3 Å². The zero-order valence-corrected chi connectivity index (χ0v) is 15.0. The lowest BCUT2D eigenvalue weighted by Crippen LogP contribution is -2.26. The normalized spacial score (nSPS) is 14.3. The van der Waals surface area contributed by atoms with Crippen LogP contribution in [0.25, 0.3) is 0 Å². The van der Waals surface area contributed by atoms with Gasteiger partial charge in [-0.3, -0.25) is 4.79 Å². The zero-order chi connectivity index (χ0) is 17.9. The molecule has 0 bridgehead atoms. The summed E-state index contributed by atoms with van der Waals surface area (Å²) in [5.41, 5.74) is 2.18. The maximum absolute atomic E-state index is 12.4. The highest BCUT2D eigenvalue weighted by Crippen LogP contribution is 2.28. The molecule has 0 heterocycles. The summed E-state index contributed by atoms with van der Waals surface area (Å²) in [4.78, 5) is 12.5. The molecule has 0 aromatic heterocycles. The fraction of sp³-hybridized carbons (Fsp3) is 0.316. The van der Waals surface area contributed by atoms with Crippen molar-refractivity contribution in [2.24, 2.45) is 5.92 Å². The molecule has 0 radical (unpaired) electrons. The van der Waals surface area contributed by atoms with Gasteiger partial charge in [-0.1, -0.05) is 25.1 Å². The van der Waals surface area contributed by atoms with Crippen molar-refractivity contribution in [3.05, 3.63) is 59.7 Å². The molecule has 2 aromatic rings. The third-order valence-electron chi connectivity index (χ3n) is 4.29. The first kappa shape index (κ1) is 17.6. The van der Waals surface area contributed by atoms with Crippen LogP contribution in [-0.2, 0) is 16.4 Å². The predicted octanol–water partition coefficient (Wildman–Crippen LogP) is 3.19. The second-order valence-electron chi connectivity index (χ2n) is 6.33. The summed E-state index contributed by atoms with van der Waals surface area (Å²) in [5.74, 6) is 0.121. The van der Waals surface area contributed by atoms with Crippen LogP contribution in [0.1, 0.15) is 35.7 Å². The van der Waals surface area contributed by atoms with Gasteiger partial charge in [0.05, 0.1) is 4.90 Å². The van der Waals surface area contributed by atoms with Crippen molar-refractivity contribution in [3.63, 3.8) is 0 Å². The van der Waals surface area contributed by atoms with E-state index in [9.17, 15) is 13.2 Å². The lowest BCUT2D eigenvalue weighted by Gasteiger charge is -2.09. The largest absolute Gasteiger partial charge is 0.322 e. The number of hydrogen-bond donors (Lipinski definition) is 2. The smallest absolute Gasteiger partial charge is 0.255 e. The Labute approximate surface area is 148 Å². The van der Waals surface area contributed by atoms with Crippen molar-refractivity contribution in [1.82, 2.24) is 4.72 Å². The average Bonchev–Trinajstić information content (AvgIpc) is 3.45. The standard InChI is InChI=1S/C19H22N2O3S/c1-2-14-8-10-17(11-9-14)21-19(22)16-4-3-5-18(12-16)25(23,24)20-13-15-6-7-15/h3-5,8-12,15,20H,2,6-7,13H2,1H3,(H,21,22). The average molecular weight is 358 g/mol. The number of sulfonamides is 1. The number of aryl methyl sites for hydroxylation is 1. The summed E-state index contributed by atoms with van der Waals surface area (Å²) in [6.07, 6.45) is 3.07. The molecule has 0 atom stereocenters. The van der Waals surface area contributed by atoms with Gasteiger partial charge in [-0.2, -0.15) is 0 Å². The van der Waals surface area contributed by atoms with Crippen LogP contribution >= 0.6 is 0 Å². The lowest BCUT2D eigenvalue weighted by atomic mass is 10.1. The van der Waals surface area contributed by atoms with E-state index in [1.807, 2.05) is 24.3 Å². The fourth-order valence-electron chi connectivity index (χ4n) is 2.46. The molecular weight excluding hydrogens is 336 g/mol. The molecule has 1 aliphatic rings. The van der Waals surface area contributed by atoms with Crippen LogP contribution < -0.4 is 10.0 Å². The molecule has 25 heavy (non-hydrogen) atoms. The van der Waals surface area contributed by atoms with E-state index < -0.39 is 10.0 Å². The molecule has 0 saturated heterocycles. The first-order chi connectivity index (χ1) is 12.0. The second-order valence-corrected chi connectivity index (χ2v) is 8.09. The van der Waals surface area contributed by atoms with Gasteiger partial charge in [0.15, 0.2) is 0 Å². The Balaban J connectivity index is 1.71. The number of rotatable bonds is 7. The summed E-state index contributed by atoms with van der Waals surface area (Å²) >= 11 is 0. The van der Waals surface area contributed by atoms with Crippen LogP contribution in [0.15, 0.2) is 53.4 Å². The highest BCUT2D eigenvalue weighted by Gasteiger charge is 2.24. The topological polar surface area (TPSA) is 75.3 Å². The third-order valence-corrected chi connectivity index (χ3v) is 5.71. The van der Waals surface area contributed by atoms with Crippen molar-refractivity contribution in [1.29, 1.82) is 0 Å². The van der Waals surface area contributed by atoms with Crippen LogP contribution in [0.3, 0.4) is 0 Å². The van der Waals surface area contributed by atoms with Crippen molar-refractivity contribution in [3.8, 4) is 0 Å². The predicted molar refractivity (Wildman–Crippen MR) is 98.1 cm³/mol. The van der Waals surface area contributed by atoms with E-state index in [1.165, 1.54) is 17.7 Å². The van der Waals surface area contributed by atoms with Gasteiger partial charge in [-0.05, 0) is 61.1 Å². The molecule has 2 N–H and O–H groups in total. The molecule has 0 unspecified atom stereocenters. The highest BCUT2D eigenvalue weighted by molar-refractivity contribution is 7.89. The molecule has 5 nitrogen and oxygen atoms in total. The summed E-state index contributed by atoms with van der Waals surface area (Å²) in [7, 11) is -3.58. The molecule has 1 fully saturated rings. The minimum absolute atomic E-state index is 0.113. The van der Waals surface area contributed by atoms with Gasteiger partial charge in [0.25, 0.3) is 5.91 Å². The van der Waals surface area contributed by atoms with Gasteiger partial charge >= 0.3 is 0 Å². The maximum Gasteiger partial charge on any atom is 0.255 e. The molecule has 132 valence electrons. The Kier molecular flexibility index (Phi) is 5.20. The van der Waals surface area contributed by atoms with Gasteiger partial charge < -0.3 is 5.32 Å². The fourth-order valence-corrected chi connectivity index (χ4v) is 3.63. The minimum Gasteiger partial charge on any atom is -0.322 e. The Morgan fingerprint density at radius 3 is 2.48 bits per heavy atom. The van der Waals surface area contributed by atoms with Crippen LogP contribution in [0.4, 0.5) is 5.69 Å². The van der Waals surface area contributed by atoms with Crippen LogP contribution in [0.2, 0.25) is 0 Å². The van der Waals surface area contributed by atoms with Gasteiger partial charge in [0.2, 0.25) is 10.0 Å². The van der Waals surface area contributed by atoms with E-state index in [4.69, 9.17) is 0 Å². The van der Waals surface area contributed by atoms with Gasteiger partial charge in [0.1, 0.15) is 0 Å².